The van der Waals surface area contributed by atoms with E-state index in [9.17, 15) is 9.59 Å². The van der Waals surface area contributed by atoms with Crippen molar-refractivity contribution in [2.24, 2.45) is 0 Å². The van der Waals surface area contributed by atoms with Gasteiger partial charge in [-0.1, -0.05) is 18.2 Å². The van der Waals surface area contributed by atoms with Crippen molar-refractivity contribution >= 4 is 28.8 Å². The zero-order valence-electron chi connectivity index (χ0n) is 19.3. The molecule has 0 bridgehead atoms. The minimum atomic E-state index is -0.515. The summed E-state index contributed by atoms with van der Waals surface area (Å²) in [5, 5.41) is 6.48. The fourth-order valence-electron chi connectivity index (χ4n) is 4.78. The predicted molar refractivity (Wildman–Crippen MR) is 131 cm³/mol. The Balaban J connectivity index is 1.57. The number of hydrogen-bond donors (Lipinski definition) is 2. The van der Waals surface area contributed by atoms with E-state index >= 15 is 0 Å². The highest BCUT2D eigenvalue weighted by Crippen LogP contribution is 2.44. The molecule has 1 atom stereocenters. The lowest BCUT2D eigenvalue weighted by Crippen LogP contribution is -2.38. The van der Waals surface area contributed by atoms with Gasteiger partial charge in [-0.15, -0.1) is 0 Å². The maximum absolute atomic E-state index is 13.4. The van der Waals surface area contributed by atoms with Gasteiger partial charge in [-0.05, 0) is 61.7 Å². The summed E-state index contributed by atoms with van der Waals surface area (Å²) in [6.07, 6.45) is 3.65. The van der Waals surface area contributed by atoms with E-state index in [1.165, 1.54) is 0 Å². The highest BCUT2D eigenvalue weighted by molar-refractivity contribution is 6.02. The standard InChI is InChI=1S/C27H27N3O4/c1-17-12-13-23(33-2)20(15-17)29-25(32)16-30-21-9-4-3-7-18(21)28-19-8-5-10-22(31)26(19)27(30)24-11-6-14-34-24/h3-4,6-7,9,11-15,27-28H,5,8,10,16H2,1-2H3,(H,29,32)/t27-/m0/s1. The van der Waals surface area contributed by atoms with E-state index in [4.69, 9.17) is 9.15 Å². The number of aryl methyl sites for hydroxylation is 1. The number of carbonyl (C=O) groups is 2. The van der Waals surface area contributed by atoms with Crippen LogP contribution in [0, 0.1) is 6.92 Å². The number of ketones is 1. The lowest BCUT2D eigenvalue weighted by atomic mass is 9.88. The van der Waals surface area contributed by atoms with Crippen molar-refractivity contribution in [1.29, 1.82) is 0 Å². The molecule has 0 unspecified atom stereocenters. The number of hydrogen-bond acceptors (Lipinski definition) is 6. The Labute approximate surface area is 198 Å². The van der Waals surface area contributed by atoms with Crippen molar-refractivity contribution in [1.82, 2.24) is 0 Å². The summed E-state index contributed by atoms with van der Waals surface area (Å²) in [6, 6.07) is 16.6. The van der Waals surface area contributed by atoms with E-state index in [-0.39, 0.29) is 18.2 Å². The molecule has 0 fully saturated rings. The van der Waals surface area contributed by atoms with Crippen LogP contribution in [0.4, 0.5) is 17.1 Å². The molecule has 0 radical (unpaired) electrons. The SMILES string of the molecule is COc1ccc(C)cc1NC(=O)CN1c2ccccc2NC2=C(C(=O)CCC2)[C@@H]1c1ccco1. The van der Waals surface area contributed by atoms with E-state index in [0.29, 0.717) is 29.2 Å². The molecule has 3 aromatic rings. The number of fused-ring (bicyclic) bond motifs is 1. The lowest BCUT2D eigenvalue weighted by molar-refractivity contribution is -0.117. The first-order chi connectivity index (χ1) is 16.5. The number of carbonyl (C=O) groups excluding carboxylic acids is 2. The van der Waals surface area contributed by atoms with Gasteiger partial charge < -0.3 is 24.7 Å². The van der Waals surface area contributed by atoms with Gasteiger partial charge in [0.15, 0.2) is 5.78 Å². The lowest BCUT2D eigenvalue weighted by Gasteiger charge is -2.33. The van der Waals surface area contributed by atoms with E-state index in [0.717, 1.165) is 35.5 Å². The number of anilines is 3. The van der Waals surface area contributed by atoms with Crippen LogP contribution in [0.1, 0.15) is 36.6 Å². The molecule has 2 N–H and O–H groups in total. The molecule has 5 rings (SSSR count). The van der Waals surface area contributed by atoms with Gasteiger partial charge in [0.2, 0.25) is 5.91 Å². The minimum absolute atomic E-state index is 0.0191. The number of allylic oxidation sites excluding steroid dienone is 1. The second-order valence-electron chi connectivity index (χ2n) is 8.61. The number of para-hydroxylation sites is 2. The second-order valence-corrected chi connectivity index (χ2v) is 8.61. The Bertz CT molecular complexity index is 1260. The molecule has 34 heavy (non-hydrogen) atoms. The number of nitrogens with one attached hydrogen (secondary N) is 2. The van der Waals surface area contributed by atoms with Crippen molar-refractivity contribution in [2.75, 3.05) is 29.2 Å². The number of ether oxygens (including phenoxy) is 1. The molecule has 1 aliphatic carbocycles. The van der Waals surface area contributed by atoms with Gasteiger partial charge >= 0.3 is 0 Å². The van der Waals surface area contributed by atoms with Gasteiger partial charge in [0, 0.05) is 17.7 Å². The van der Waals surface area contributed by atoms with Gasteiger partial charge in [-0.25, -0.2) is 0 Å². The van der Waals surface area contributed by atoms with Crippen molar-refractivity contribution in [3.05, 3.63) is 83.5 Å². The number of amides is 1. The van der Waals surface area contributed by atoms with E-state index in [2.05, 4.69) is 10.6 Å². The summed E-state index contributed by atoms with van der Waals surface area (Å²) in [7, 11) is 1.58. The Morgan fingerprint density at radius 2 is 2.03 bits per heavy atom. The van der Waals surface area contributed by atoms with Crippen LogP contribution in [0.25, 0.3) is 0 Å². The second kappa shape index (κ2) is 9.09. The normalized spacial score (nSPS) is 17.4. The monoisotopic (exact) mass is 457 g/mol. The van der Waals surface area contributed by atoms with Crippen LogP contribution in [-0.2, 0) is 9.59 Å². The summed E-state index contributed by atoms with van der Waals surface area (Å²) in [4.78, 5) is 28.5. The molecule has 2 aliphatic rings. The Kier molecular flexibility index (Phi) is 5.84. The molecule has 1 aromatic heterocycles. The van der Waals surface area contributed by atoms with Crippen LogP contribution in [0.2, 0.25) is 0 Å². The smallest absolute Gasteiger partial charge is 0.244 e. The zero-order chi connectivity index (χ0) is 23.7. The van der Waals surface area contributed by atoms with E-state index in [1.807, 2.05) is 66.4 Å². The van der Waals surface area contributed by atoms with Gasteiger partial charge in [0.25, 0.3) is 0 Å². The number of nitrogens with zero attached hydrogens (tertiary/aromatic N) is 1. The molecule has 2 aromatic carbocycles. The van der Waals surface area contributed by atoms with E-state index < -0.39 is 6.04 Å². The molecule has 1 amide bonds. The molecule has 7 nitrogen and oxygen atoms in total. The Morgan fingerprint density at radius 1 is 1.18 bits per heavy atom. The molecule has 0 spiro atoms. The Morgan fingerprint density at radius 3 is 2.82 bits per heavy atom. The van der Waals surface area contributed by atoms with Crippen molar-refractivity contribution in [3.63, 3.8) is 0 Å². The Hall–Kier alpha value is -4.00. The highest BCUT2D eigenvalue weighted by Gasteiger charge is 2.38. The average Bonchev–Trinajstić information content (AvgIpc) is 3.31. The summed E-state index contributed by atoms with van der Waals surface area (Å²) < 4.78 is 11.2. The van der Waals surface area contributed by atoms with Crippen LogP contribution in [0.3, 0.4) is 0 Å². The van der Waals surface area contributed by atoms with Crippen LogP contribution in [0.5, 0.6) is 5.75 Å². The van der Waals surface area contributed by atoms with Gasteiger partial charge in [0.1, 0.15) is 17.6 Å². The van der Waals surface area contributed by atoms with Crippen LogP contribution in [-0.4, -0.2) is 25.3 Å². The number of benzene rings is 2. The number of rotatable bonds is 5. The largest absolute Gasteiger partial charge is 0.495 e. The number of methoxy groups -OCH3 is 1. The van der Waals surface area contributed by atoms with Crippen LogP contribution in [0.15, 0.2) is 76.5 Å². The first-order valence-corrected chi connectivity index (χ1v) is 11.4. The topological polar surface area (TPSA) is 83.8 Å². The van der Waals surface area contributed by atoms with Crippen molar-refractivity contribution in [2.45, 2.75) is 32.2 Å². The first-order valence-electron chi connectivity index (χ1n) is 11.4. The van der Waals surface area contributed by atoms with Gasteiger partial charge in [0.05, 0.1) is 37.0 Å². The zero-order valence-corrected chi connectivity index (χ0v) is 19.3. The quantitative estimate of drug-likeness (QED) is 0.547. The molecule has 7 heteroatoms. The number of furan rings is 1. The summed E-state index contributed by atoms with van der Waals surface area (Å²) in [5.74, 6) is 1.07. The predicted octanol–water partition coefficient (Wildman–Crippen LogP) is 5.22. The molecular weight excluding hydrogens is 430 g/mol. The summed E-state index contributed by atoms with van der Waals surface area (Å²) >= 11 is 0. The van der Waals surface area contributed by atoms with Crippen molar-refractivity contribution in [3.8, 4) is 5.75 Å². The maximum Gasteiger partial charge on any atom is 0.244 e. The third-order valence-corrected chi connectivity index (χ3v) is 6.30. The third-order valence-electron chi connectivity index (χ3n) is 6.30. The van der Waals surface area contributed by atoms with Gasteiger partial charge in [-0.3, -0.25) is 9.59 Å². The van der Waals surface area contributed by atoms with Gasteiger partial charge in [-0.2, -0.15) is 0 Å². The first kappa shape index (κ1) is 21.8. The molecule has 2 heterocycles. The highest BCUT2D eigenvalue weighted by atomic mass is 16.5. The summed E-state index contributed by atoms with van der Waals surface area (Å²) in [5.41, 5.74) is 4.87. The molecule has 174 valence electrons. The molecule has 1 aliphatic heterocycles. The molecule has 0 saturated heterocycles. The molecule has 0 saturated carbocycles. The fourth-order valence-corrected chi connectivity index (χ4v) is 4.78. The van der Waals surface area contributed by atoms with Crippen molar-refractivity contribution < 1.29 is 18.7 Å². The van der Waals surface area contributed by atoms with Crippen LogP contribution < -0.4 is 20.3 Å². The number of Topliss-reactive ketones (excluding diaryl/α,β-unsaturated/α-hetero) is 1. The molecular formula is C27H27N3O4. The third kappa shape index (κ3) is 4.05. The van der Waals surface area contributed by atoms with E-state index in [1.54, 1.807) is 13.4 Å². The maximum atomic E-state index is 13.4. The average molecular weight is 458 g/mol. The summed E-state index contributed by atoms with van der Waals surface area (Å²) in [6.45, 7) is 1.98. The fraction of sp³-hybridized carbons (Fsp3) is 0.259. The minimum Gasteiger partial charge on any atom is -0.495 e. The van der Waals surface area contributed by atoms with Crippen LogP contribution >= 0.6 is 0 Å².